The van der Waals surface area contributed by atoms with Crippen molar-refractivity contribution in [3.8, 4) is 0 Å². The first kappa shape index (κ1) is 29.3. The van der Waals surface area contributed by atoms with Crippen molar-refractivity contribution >= 4 is 5.78 Å². The van der Waals surface area contributed by atoms with Crippen LogP contribution in [-0.4, -0.2) is 111 Å². The lowest BCUT2D eigenvalue weighted by Gasteiger charge is -2.46. The maximum atomic E-state index is 12.0. The number of ketones is 1. The van der Waals surface area contributed by atoms with Gasteiger partial charge in [-0.3, -0.25) is 4.79 Å². The van der Waals surface area contributed by atoms with E-state index in [1.54, 1.807) is 19.1 Å². The molecule has 6 N–H and O–H groups in total. The number of aliphatic hydroxyl groups is 6. The van der Waals surface area contributed by atoms with Crippen molar-refractivity contribution in [3.05, 3.63) is 23.8 Å². The van der Waals surface area contributed by atoms with Gasteiger partial charge in [0.25, 0.3) is 0 Å². The highest BCUT2D eigenvalue weighted by atomic mass is 16.8. The van der Waals surface area contributed by atoms with Gasteiger partial charge in [0.05, 0.1) is 18.8 Å². The molecular formula is C25H40O11. The summed E-state index contributed by atoms with van der Waals surface area (Å²) < 4.78 is 22.8. The zero-order valence-corrected chi connectivity index (χ0v) is 21.3. The van der Waals surface area contributed by atoms with Crippen molar-refractivity contribution < 1.29 is 54.4 Å². The first-order valence-corrected chi connectivity index (χ1v) is 12.3. The lowest BCUT2D eigenvalue weighted by Crippen LogP contribution is -2.64. The van der Waals surface area contributed by atoms with Crippen LogP contribution in [0.15, 0.2) is 23.8 Å². The Morgan fingerprint density at radius 2 is 1.72 bits per heavy atom. The molecule has 0 spiro atoms. The summed E-state index contributed by atoms with van der Waals surface area (Å²) in [6.45, 7) is 8.56. The van der Waals surface area contributed by atoms with Crippen LogP contribution in [0.3, 0.4) is 0 Å². The van der Waals surface area contributed by atoms with Crippen molar-refractivity contribution in [1.29, 1.82) is 0 Å². The monoisotopic (exact) mass is 516 g/mol. The molecule has 0 saturated carbocycles. The van der Waals surface area contributed by atoms with Gasteiger partial charge in [0.1, 0.15) is 42.7 Å². The van der Waals surface area contributed by atoms with Gasteiger partial charge < -0.3 is 49.6 Å². The van der Waals surface area contributed by atoms with Crippen LogP contribution in [0.2, 0.25) is 0 Å². The maximum Gasteiger partial charge on any atom is 0.187 e. The van der Waals surface area contributed by atoms with Crippen LogP contribution < -0.4 is 0 Å². The molecule has 3 aliphatic rings. The summed E-state index contributed by atoms with van der Waals surface area (Å²) in [5.41, 5.74) is 0.657. The maximum absolute atomic E-state index is 12.0. The molecule has 0 bridgehead atoms. The normalized spacial score (nSPS) is 44.5. The second-order valence-electron chi connectivity index (χ2n) is 10.7. The summed E-state index contributed by atoms with van der Waals surface area (Å²) in [6, 6.07) is 0. The fraction of sp³-hybridized carbons (Fsp3) is 0.800. The first-order chi connectivity index (χ1) is 16.8. The molecule has 11 heteroatoms. The Labute approximate surface area is 210 Å². The van der Waals surface area contributed by atoms with Gasteiger partial charge in [-0.05, 0) is 32.3 Å². The number of aliphatic hydroxyl groups excluding tert-OH is 6. The molecule has 2 heterocycles. The summed E-state index contributed by atoms with van der Waals surface area (Å²) in [5.74, 6) is 0.0853. The zero-order chi connectivity index (χ0) is 26.9. The molecule has 0 radical (unpaired) electrons. The molecule has 0 aromatic heterocycles. The lowest BCUT2D eigenvalue weighted by molar-refractivity contribution is -0.367. The standard InChI is InChI=1S/C25H40O11/c1-11-8-14(27)9-25(4,5)15(11)7-6-12(2)33-24-22(20(31)18(29)16(10-26)35-24)36-23-21(32)19(30)17(28)13(3)34-23/h6-8,12-13,15-24,26,28-32H,9-10H2,1-5H3. The van der Waals surface area contributed by atoms with Crippen LogP contribution in [0.5, 0.6) is 0 Å². The van der Waals surface area contributed by atoms with E-state index >= 15 is 0 Å². The molecule has 12 unspecified atom stereocenters. The molecule has 12 atom stereocenters. The van der Waals surface area contributed by atoms with Crippen LogP contribution in [-0.2, 0) is 23.7 Å². The average molecular weight is 517 g/mol. The Kier molecular flexibility index (Phi) is 9.48. The van der Waals surface area contributed by atoms with Gasteiger partial charge in [-0.25, -0.2) is 0 Å². The van der Waals surface area contributed by atoms with E-state index in [0.29, 0.717) is 6.42 Å². The highest BCUT2D eigenvalue weighted by molar-refractivity contribution is 5.92. The molecule has 206 valence electrons. The summed E-state index contributed by atoms with van der Waals surface area (Å²) in [5, 5.41) is 61.0. The Morgan fingerprint density at radius 3 is 2.33 bits per heavy atom. The molecule has 2 saturated heterocycles. The van der Waals surface area contributed by atoms with Crippen LogP contribution in [0.1, 0.15) is 41.0 Å². The lowest BCUT2D eigenvalue weighted by atomic mass is 9.68. The highest BCUT2D eigenvalue weighted by Gasteiger charge is 2.50. The summed E-state index contributed by atoms with van der Waals surface area (Å²) >= 11 is 0. The molecule has 0 aromatic carbocycles. The molecule has 36 heavy (non-hydrogen) atoms. The minimum atomic E-state index is -1.64. The topological polar surface area (TPSA) is 175 Å². The highest BCUT2D eigenvalue weighted by Crippen LogP contribution is 2.40. The summed E-state index contributed by atoms with van der Waals surface area (Å²) in [7, 11) is 0. The number of hydrogen-bond acceptors (Lipinski definition) is 11. The SMILES string of the molecule is CC1=CC(=O)CC(C)(C)C1C=CC(C)OC1OC(CO)C(O)C(O)C1OC1OC(C)C(O)C(O)C1O. The van der Waals surface area contributed by atoms with Gasteiger partial charge in [-0.1, -0.05) is 31.6 Å². The summed E-state index contributed by atoms with van der Waals surface area (Å²) in [4.78, 5) is 12.0. The van der Waals surface area contributed by atoms with Gasteiger partial charge in [-0.2, -0.15) is 0 Å². The second-order valence-corrected chi connectivity index (χ2v) is 10.7. The smallest absolute Gasteiger partial charge is 0.187 e. The fourth-order valence-corrected chi connectivity index (χ4v) is 5.10. The van der Waals surface area contributed by atoms with E-state index in [4.69, 9.17) is 18.9 Å². The minimum absolute atomic E-state index is 0.00152. The quantitative estimate of drug-likeness (QED) is 0.233. The van der Waals surface area contributed by atoms with Crippen LogP contribution in [0, 0.1) is 11.3 Å². The van der Waals surface area contributed by atoms with E-state index in [2.05, 4.69) is 0 Å². The molecule has 2 fully saturated rings. The van der Waals surface area contributed by atoms with Crippen molar-refractivity contribution in [2.45, 2.75) is 109 Å². The predicted octanol–water partition coefficient (Wildman–Crippen LogP) is -0.839. The predicted molar refractivity (Wildman–Crippen MR) is 125 cm³/mol. The number of allylic oxidation sites excluding steroid dienone is 3. The second kappa shape index (κ2) is 11.6. The molecule has 2 aliphatic heterocycles. The number of carbonyl (C=O) groups excluding carboxylic acids is 1. The van der Waals surface area contributed by atoms with E-state index in [1.165, 1.54) is 6.92 Å². The zero-order valence-electron chi connectivity index (χ0n) is 21.3. The first-order valence-electron chi connectivity index (χ1n) is 12.3. The molecule has 0 aromatic rings. The number of ether oxygens (including phenoxy) is 4. The van der Waals surface area contributed by atoms with Crippen molar-refractivity contribution in [3.63, 3.8) is 0 Å². The summed E-state index contributed by atoms with van der Waals surface area (Å²) in [6.07, 6.45) is -8.55. The number of hydrogen-bond donors (Lipinski definition) is 6. The molecule has 1 aliphatic carbocycles. The van der Waals surface area contributed by atoms with Crippen LogP contribution in [0.25, 0.3) is 0 Å². The van der Waals surface area contributed by atoms with Crippen LogP contribution >= 0.6 is 0 Å². The number of rotatable bonds is 7. The minimum Gasteiger partial charge on any atom is -0.394 e. The fourth-order valence-electron chi connectivity index (χ4n) is 5.10. The van der Waals surface area contributed by atoms with E-state index in [9.17, 15) is 35.4 Å². The van der Waals surface area contributed by atoms with E-state index in [-0.39, 0.29) is 17.1 Å². The van der Waals surface area contributed by atoms with Gasteiger partial charge in [0.15, 0.2) is 18.4 Å². The third-order valence-electron chi connectivity index (χ3n) is 7.20. The Hall–Kier alpha value is -1.25. The van der Waals surface area contributed by atoms with Crippen molar-refractivity contribution in [2.24, 2.45) is 11.3 Å². The third kappa shape index (κ3) is 6.24. The van der Waals surface area contributed by atoms with E-state index in [0.717, 1.165) is 5.57 Å². The van der Waals surface area contributed by atoms with E-state index < -0.39 is 74.1 Å². The Bertz CT molecular complexity index is 827. The van der Waals surface area contributed by atoms with Gasteiger partial charge >= 0.3 is 0 Å². The van der Waals surface area contributed by atoms with Gasteiger partial charge in [0.2, 0.25) is 0 Å². The van der Waals surface area contributed by atoms with E-state index in [1.807, 2.05) is 26.8 Å². The van der Waals surface area contributed by atoms with Crippen molar-refractivity contribution in [1.82, 2.24) is 0 Å². The Balaban J connectivity index is 1.76. The third-order valence-corrected chi connectivity index (χ3v) is 7.20. The largest absolute Gasteiger partial charge is 0.394 e. The Morgan fingerprint density at radius 1 is 1.06 bits per heavy atom. The molecular weight excluding hydrogens is 476 g/mol. The molecule has 11 nitrogen and oxygen atoms in total. The average Bonchev–Trinajstić information content (AvgIpc) is 2.79. The molecule has 3 rings (SSSR count). The van der Waals surface area contributed by atoms with Gasteiger partial charge in [-0.15, -0.1) is 0 Å². The van der Waals surface area contributed by atoms with Gasteiger partial charge in [0, 0.05) is 12.3 Å². The number of carbonyl (C=O) groups is 1. The van der Waals surface area contributed by atoms with Crippen LogP contribution in [0.4, 0.5) is 0 Å². The molecule has 0 amide bonds. The van der Waals surface area contributed by atoms with Crippen molar-refractivity contribution in [2.75, 3.05) is 6.61 Å².